The highest BCUT2D eigenvalue weighted by atomic mass is 32.2. The first kappa shape index (κ1) is 24.7. The molecule has 1 aliphatic rings. The summed E-state index contributed by atoms with van der Waals surface area (Å²) >= 11 is 0. The Bertz CT molecular complexity index is 804. The van der Waals surface area contributed by atoms with Crippen molar-refractivity contribution in [2.45, 2.75) is 75.9 Å². The fourth-order valence-electron chi connectivity index (χ4n) is 3.65. The number of amides is 1. The molecule has 1 atom stereocenters. The molecular formula is C21H31F3N2O3S. The van der Waals surface area contributed by atoms with Crippen molar-refractivity contribution in [2.75, 3.05) is 13.1 Å². The predicted molar refractivity (Wildman–Crippen MR) is 109 cm³/mol. The summed E-state index contributed by atoms with van der Waals surface area (Å²) in [7, 11) is -4.03. The van der Waals surface area contributed by atoms with Crippen LogP contribution in [0.15, 0.2) is 29.2 Å². The number of alkyl halides is 3. The molecule has 5 nitrogen and oxygen atoms in total. The molecule has 0 saturated carbocycles. The van der Waals surface area contributed by atoms with Gasteiger partial charge in [-0.1, -0.05) is 38.7 Å². The Hall–Kier alpha value is -1.61. The summed E-state index contributed by atoms with van der Waals surface area (Å²) in [5.74, 6) is -0.356. The van der Waals surface area contributed by atoms with Crippen LogP contribution in [0.5, 0.6) is 0 Å². The van der Waals surface area contributed by atoms with Crippen molar-refractivity contribution in [3.63, 3.8) is 0 Å². The molecule has 1 fully saturated rings. The second kappa shape index (κ2) is 10.6. The molecule has 1 amide bonds. The first-order valence-electron chi connectivity index (χ1n) is 10.5. The van der Waals surface area contributed by atoms with E-state index in [0.29, 0.717) is 18.9 Å². The fourth-order valence-corrected chi connectivity index (χ4v) is 5.17. The number of benzene rings is 1. The second-order valence-corrected chi connectivity index (χ2v) is 9.90. The van der Waals surface area contributed by atoms with Gasteiger partial charge in [-0.15, -0.1) is 0 Å². The number of hydrogen-bond acceptors (Lipinski definition) is 3. The number of hydrogen-bond donors (Lipinski definition) is 1. The largest absolute Gasteiger partial charge is 0.416 e. The van der Waals surface area contributed by atoms with Crippen molar-refractivity contribution >= 4 is 15.9 Å². The highest BCUT2D eigenvalue weighted by Crippen LogP contribution is 2.32. The van der Waals surface area contributed by atoms with Crippen LogP contribution in [-0.2, 0) is 21.0 Å². The number of carbonyl (C=O) groups is 1. The van der Waals surface area contributed by atoms with Crippen molar-refractivity contribution < 1.29 is 26.4 Å². The summed E-state index contributed by atoms with van der Waals surface area (Å²) in [5, 5.41) is 3.00. The van der Waals surface area contributed by atoms with Gasteiger partial charge in [0, 0.05) is 25.0 Å². The van der Waals surface area contributed by atoms with E-state index in [2.05, 4.69) is 12.2 Å². The second-order valence-electron chi connectivity index (χ2n) is 7.96. The molecule has 1 saturated heterocycles. The monoisotopic (exact) mass is 448 g/mol. The molecule has 0 bridgehead atoms. The predicted octanol–water partition coefficient (Wildman–Crippen LogP) is 4.58. The van der Waals surface area contributed by atoms with E-state index in [9.17, 15) is 26.4 Å². The van der Waals surface area contributed by atoms with E-state index in [1.165, 1.54) is 16.8 Å². The SMILES string of the molecule is CCCCCCC(C)NC(=O)C1CCN(S(=O)(=O)c2cccc(C(F)(F)F)c2)CC1. The number of nitrogens with one attached hydrogen (secondary N) is 1. The summed E-state index contributed by atoms with van der Waals surface area (Å²) in [6.07, 6.45) is 1.55. The number of sulfonamides is 1. The van der Waals surface area contributed by atoms with Crippen LogP contribution in [0.4, 0.5) is 13.2 Å². The van der Waals surface area contributed by atoms with Gasteiger partial charge in [-0.2, -0.15) is 17.5 Å². The zero-order valence-electron chi connectivity index (χ0n) is 17.5. The maximum Gasteiger partial charge on any atom is 0.416 e. The van der Waals surface area contributed by atoms with Gasteiger partial charge in [-0.05, 0) is 44.4 Å². The van der Waals surface area contributed by atoms with E-state index in [0.717, 1.165) is 37.8 Å². The lowest BCUT2D eigenvalue weighted by Crippen LogP contribution is -2.44. The maximum atomic E-state index is 12.9. The van der Waals surface area contributed by atoms with Crippen LogP contribution >= 0.6 is 0 Å². The van der Waals surface area contributed by atoms with E-state index in [1.54, 1.807) is 0 Å². The molecule has 1 aromatic rings. The maximum absolute atomic E-state index is 12.9. The first-order valence-corrected chi connectivity index (χ1v) is 12.0. The zero-order valence-corrected chi connectivity index (χ0v) is 18.4. The molecule has 0 spiro atoms. The van der Waals surface area contributed by atoms with E-state index in [4.69, 9.17) is 0 Å². The van der Waals surface area contributed by atoms with E-state index < -0.39 is 21.8 Å². The molecule has 2 rings (SSSR count). The Labute approximate surface area is 177 Å². The Balaban J connectivity index is 1.91. The quantitative estimate of drug-likeness (QED) is 0.563. The van der Waals surface area contributed by atoms with Gasteiger partial charge in [-0.3, -0.25) is 4.79 Å². The van der Waals surface area contributed by atoms with Crippen LogP contribution < -0.4 is 5.32 Å². The van der Waals surface area contributed by atoms with Gasteiger partial charge in [0.2, 0.25) is 15.9 Å². The third-order valence-electron chi connectivity index (χ3n) is 5.50. The van der Waals surface area contributed by atoms with E-state index >= 15 is 0 Å². The average molecular weight is 449 g/mol. The van der Waals surface area contributed by atoms with Gasteiger partial charge in [0.25, 0.3) is 0 Å². The molecule has 30 heavy (non-hydrogen) atoms. The minimum absolute atomic E-state index is 0.0706. The van der Waals surface area contributed by atoms with Gasteiger partial charge >= 0.3 is 6.18 Å². The topological polar surface area (TPSA) is 66.5 Å². The summed E-state index contributed by atoms with van der Waals surface area (Å²) in [4.78, 5) is 12.1. The molecule has 1 unspecified atom stereocenters. The lowest BCUT2D eigenvalue weighted by Gasteiger charge is -2.31. The lowest BCUT2D eigenvalue weighted by atomic mass is 9.96. The number of nitrogens with zero attached hydrogens (tertiary/aromatic N) is 1. The minimum atomic E-state index is -4.61. The van der Waals surface area contributed by atoms with Crippen LogP contribution in [0.2, 0.25) is 0 Å². The number of carbonyl (C=O) groups excluding carboxylic acids is 1. The number of halogens is 3. The van der Waals surface area contributed by atoms with Crippen molar-refractivity contribution in [1.82, 2.24) is 9.62 Å². The molecule has 0 aromatic heterocycles. The summed E-state index contributed by atoms with van der Waals surface area (Å²) in [6.45, 7) is 4.34. The van der Waals surface area contributed by atoms with Crippen molar-refractivity contribution in [3.05, 3.63) is 29.8 Å². The summed E-state index contributed by atoms with van der Waals surface area (Å²) < 4.78 is 65.4. The molecule has 1 aliphatic heterocycles. The van der Waals surface area contributed by atoms with Gasteiger partial charge in [0.05, 0.1) is 10.5 Å². The van der Waals surface area contributed by atoms with Gasteiger partial charge < -0.3 is 5.32 Å². The smallest absolute Gasteiger partial charge is 0.353 e. The van der Waals surface area contributed by atoms with E-state index in [1.807, 2.05) is 6.92 Å². The highest BCUT2D eigenvalue weighted by molar-refractivity contribution is 7.89. The zero-order chi connectivity index (χ0) is 22.4. The highest BCUT2D eigenvalue weighted by Gasteiger charge is 2.35. The lowest BCUT2D eigenvalue weighted by molar-refractivity contribution is -0.137. The Morgan fingerprint density at radius 3 is 2.47 bits per heavy atom. The third-order valence-corrected chi connectivity index (χ3v) is 7.40. The van der Waals surface area contributed by atoms with Crippen molar-refractivity contribution in [3.8, 4) is 0 Å². The van der Waals surface area contributed by atoms with Crippen LogP contribution in [0.3, 0.4) is 0 Å². The summed E-state index contributed by atoms with van der Waals surface area (Å²) in [5.41, 5.74) is -0.995. The standard InChI is InChI=1S/C21H31F3N2O3S/c1-3-4-5-6-8-16(2)25-20(27)17-11-13-26(14-12-17)30(28,29)19-10-7-9-18(15-19)21(22,23)24/h7,9-10,15-17H,3-6,8,11-14H2,1-2H3,(H,25,27). The van der Waals surface area contributed by atoms with Gasteiger partial charge in [0.15, 0.2) is 0 Å². The van der Waals surface area contributed by atoms with Crippen molar-refractivity contribution in [2.24, 2.45) is 5.92 Å². The molecule has 170 valence electrons. The van der Waals surface area contributed by atoms with Crippen LogP contribution in [0, 0.1) is 5.92 Å². The number of rotatable bonds is 9. The molecule has 0 radical (unpaired) electrons. The molecular weight excluding hydrogens is 417 g/mol. The Morgan fingerprint density at radius 2 is 1.87 bits per heavy atom. The van der Waals surface area contributed by atoms with Crippen LogP contribution in [-0.4, -0.2) is 37.8 Å². The molecule has 1 aromatic carbocycles. The molecule has 0 aliphatic carbocycles. The number of unbranched alkanes of at least 4 members (excludes halogenated alkanes) is 3. The fraction of sp³-hybridized carbons (Fsp3) is 0.667. The first-order chi connectivity index (χ1) is 14.1. The van der Waals surface area contributed by atoms with Gasteiger partial charge in [0.1, 0.15) is 0 Å². The normalized spacial score (nSPS) is 17.6. The van der Waals surface area contributed by atoms with Crippen LogP contribution in [0.25, 0.3) is 0 Å². The average Bonchev–Trinajstić information content (AvgIpc) is 2.71. The van der Waals surface area contributed by atoms with Gasteiger partial charge in [-0.25, -0.2) is 8.42 Å². The van der Waals surface area contributed by atoms with Crippen LogP contribution in [0.1, 0.15) is 64.4 Å². The minimum Gasteiger partial charge on any atom is -0.353 e. The Morgan fingerprint density at radius 1 is 1.20 bits per heavy atom. The third kappa shape index (κ3) is 6.70. The Kier molecular flexibility index (Phi) is 8.73. The molecule has 1 N–H and O–H groups in total. The number of piperidine rings is 1. The van der Waals surface area contributed by atoms with E-state index in [-0.39, 0.29) is 35.9 Å². The summed E-state index contributed by atoms with van der Waals surface area (Å²) in [6, 6.07) is 3.84. The molecule has 9 heteroatoms. The van der Waals surface area contributed by atoms with Crippen molar-refractivity contribution in [1.29, 1.82) is 0 Å². The molecule has 1 heterocycles.